The van der Waals surface area contributed by atoms with E-state index >= 15 is 0 Å². The molecule has 1 atom stereocenters. The van der Waals surface area contributed by atoms with Crippen molar-refractivity contribution in [3.05, 3.63) is 72.6 Å². The monoisotopic (exact) mass is 395 g/mol. The second-order valence-electron chi connectivity index (χ2n) is 7.46. The molecule has 146 valence electrons. The molecule has 1 aromatic heterocycles. The summed E-state index contributed by atoms with van der Waals surface area (Å²) in [4.78, 5) is 6.20. The number of rotatable bonds is 5. The Bertz CT molecular complexity index is 1050. The molecule has 0 radical (unpaired) electrons. The highest BCUT2D eigenvalue weighted by molar-refractivity contribution is 7.89. The molecule has 0 saturated heterocycles. The van der Waals surface area contributed by atoms with Gasteiger partial charge in [-0.25, -0.2) is 13.6 Å². The largest absolute Gasteiger partial charge is 0.347 e. The highest BCUT2D eigenvalue weighted by Gasteiger charge is 2.36. The highest BCUT2D eigenvalue weighted by Crippen LogP contribution is 2.38. The zero-order valence-corrected chi connectivity index (χ0v) is 16.6. The number of anilines is 1. The Morgan fingerprint density at radius 2 is 1.71 bits per heavy atom. The van der Waals surface area contributed by atoms with Crippen molar-refractivity contribution >= 4 is 26.5 Å². The molecule has 1 fully saturated rings. The Labute approximate surface area is 166 Å². The first-order valence-electron chi connectivity index (χ1n) is 9.73. The second kappa shape index (κ2) is 7.89. The molecular formula is C22H25N3O2S. The fraction of sp³-hybridized carbons (Fsp3) is 0.318. The Hall–Kier alpha value is -2.44. The van der Waals surface area contributed by atoms with Crippen LogP contribution in [-0.4, -0.2) is 19.4 Å². The number of primary sulfonamides is 1. The van der Waals surface area contributed by atoms with Crippen LogP contribution in [-0.2, 0) is 10.0 Å². The summed E-state index contributed by atoms with van der Waals surface area (Å²) >= 11 is 0. The van der Waals surface area contributed by atoms with E-state index in [1.807, 2.05) is 65.7 Å². The van der Waals surface area contributed by atoms with Crippen molar-refractivity contribution in [2.75, 3.05) is 4.90 Å². The second-order valence-corrected chi connectivity index (χ2v) is 9.08. The van der Waals surface area contributed by atoms with Crippen molar-refractivity contribution in [1.82, 2.24) is 4.98 Å². The minimum atomic E-state index is -3.85. The van der Waals surface area contributed by atoms with E-state index in [-0.39, 0.29) is 6.04 Å². The van der Waals surface area contributed by atoms with E-state index in [4.69, 9.17) is 5.14 Å². The first-order chi connectivity index (χ1) is 13.5. The summed E-state index contributed by atoms with van der Waals surface area (Å²) in [5.74, 6) is 0. The van der Waals surface area contributed by atoms with Crippen molar-refractivity contribution in [3.8, 4) is 0 Å². The fourth-order valence-electron chi connectivity index (χ4n) is 4.25. The molecule has 4 rings (SSSR count). The summed E-state index contributed by atoms with van der Waals surface area (Å²) in [6, 6.07) is 17.4. The van der Waals surface area contributed by atoms with Gasteiger partial charge < -0.3 is 4.90 Å². The van der Waals surface area contributed by atoms with Gasteiger partial charge in [0.1, 0.15) is 0 Å². The number of sulfonamides is 1. The van der Waals surface area contributed by atoms with Crippen LogP contribution >= 0.6 is 0 Å². The van der Waals surface area contributed by atoms with Crippen molar-refractivity contribution < 1.29 is 8.42 Å². The van der Waals surface area contributed by atoms with Crippen LogP contribution in [0.15, 0.2) is 67.0 Å². The average Bonchev–Trinajstić information content (AvgIpc) is 2.72. The van der Waals surface area contributed by atoms with Gasteiger partial charge in [-0.3, -0.25) is 4.98 Å². The smallest absolute Gasteiger partial charge is 0.234 e. The molecule has 0 bridgehead atoms. The molecule has 0 spiro atoms. The fourth-order valence-corrected chi connectivity index (χ4v) is 5.40. The van der Waals surface area contributed by atoms with Crippen molar-refractivity contribution in [1.29, 1.82) is 0 Å². The zero-order valence-electron chi connectivity index (χ0n) is 15.7. The third-order valence-corrected chi connectivity index (χ3v) is 6.66. The molecule has 0 amide bonds. The molecule has 1 unspecified atom stereocenters. The van der Waals surface area contributed by atoms with E-state index in [2.05, 4.69) is 4.98 Å². The Balaban J connectivity index is 1.88. The van der Waals surface area contributed by atoms with Gasteiger partial charge in [0, 0.05) is 29.5 Å². The molecule has 1 saturated carbocycles. The molecule has 6 heteroatoms. The zero-order chi connectivity index (χ0) is 19.6. The lowest BCUT2D eigenvalue weighted by Gasteiger charge is -2.41. The quantitative estimate of drug-likeness (QED) is 0.696. The van der Waals surface area contributed by atoms with Gasteiger partial charge in [0.25, 0.3) is 0 Å². The molecule has 28 heavy (non-hydrogen) atoms. The number of aromatic nitrogens is 1. The molecular weight excluding hydrogens is 370 g/mol. The summed E-state index contributed by atoms with van der Waals surface area (Å²) in [5.41, 5.74) is 1.58. The van der Waals surface area contributed by atoms with Crippen LogP contribution in [0.25, 0.3) is 10.8 Å². The van der Waals surface area contributed by atoms with Crippen LogP contribution in [0.2, 0.25) is 0 Å². The van der Waals surface area contributed by atoms with Gasteiger partial charge in [-0.2, -0.15) is 0 Å². The molecule has 2 N–H and O–H groups in total. The predicted molar refractivity (Wildman–Crippen MR) is 113 cm³/mol. The van der Waals surface area contributed by atoms with Gasteiger partial charge in [-0.05, 0) is 42.0 Å². The van der Waals surface area contributed by atoms with E-state index in [9.17, 15) is 8.42 Å². The maximum absolute atomic E-state index is 12.8. The Morgan fingerprint density at radius 3 is 2.43 bits per heavy atom. The van der Waals surface area contributed by atoms with Gasteiger partial charge in [0.05, 0.1) is 0 Å². The lowest BCUT2D eigenvalue weighted by atomic mass is 9.93. The number of hydrogen-bond acceptors (Lipinski definition) is 4. The summed E-state index contributed by atoms with van der Waals surface area (Å²) in [6.45, 7) is 0. The van der Waals surface area contributed by atoms with E-state index in [0.29, 0.717) is 5.56 Å². The van der Waals surface area contributed by atoms with Crippen LogP contribution in [0.1, 0.15) is 43.0 Å². The first-order valence-corrected chi connectivity index (χ1v) is 11.3. The first kappa shape index (κ1) is 18.9. The molecule has 0 aliphatic heterocycles. The molecule has 2 aromatic carbocycles. The van der Waals surface area contributed by atoms with Crippen LogP contribution in [0.4, 0.5) is 5.69 Å². The molecule has 3 aromatic rings. The van der Waals surface area contributed by atoms with Crippen molar-refractivity contribution in [2.45, 2.75) is 43.5 Å². The van der Waals surface area contributed by atoms with Crippen LogP contribution in [0, 0.1) is 0 Å². The van der Waals surface area contributed by atoms with Crippen molar-refractivity contribution in [3.63, 3.8) is 0 Å². The summed E-state index contributed by atoms with van der Waals surface area (Å²) in [7, 11) is -3.85. The number of nitrogens with zero attached hydrogens (tertiary/aromatic N) is 2. The Kier molecular flexibility index (Phi) is 5.33. The van der Waals surface area contributed by atoms with Gasteiger partial charge in [0.15, 0.2) is 5.37 Å². The maximum atomic E-state index is 12.8. The molecule has 1 aliphatic rings. The number of pyridine rings is 1. The third kappa shape index (κ3) is 3.88. The van der Waals surface area contributed by atoms with Gasteiger partial charge in [0.2, 0.25) is 10.0 Å². The Morgan fingerprint density at radius 1 is 0.964 bits per heavy atom. The summed E-state index contributed by atoms with van der Waals surface area (Å²) in [5, 5.41) is 6.95. The normalized spacial score (nSPS) is 16.8. The minimum Gasteiger partial charge on any atom is -0.347 e. The average molecular weight is 396 g/mol. The van der Waals surface area contributed by atoms with E-state index < -0.39 is 15.4 Å². The highest BCUT2D eigenvalue weighted by atomic mass is 32.2. The third-order valence-electron chi connectivity index (χ3n) is 5.54. The molecule has 1 heterocycles. The van der Waals surface area contributed by atoms with Gasteiger partial charge in [-0.1, -0.05) is 55.7 Å². The predicted octanol–water partition coefficient (Wildman–Crippen LogP) is 4.36. The SMILES string of the molecule is NS(=O)(=O)C(c1ccccc1)N(c1ccc2cnccc2c1)C1CCCCC1. The lowest BCUT2D eigenvalue weighted by Crippen LogP contribution is -2.45. The lowest BCUT2D eigenvalue weighted by molar-refractivity contribution is 0.406. The topological polar surface area (TPSA) is 76.3 Å². The maximum Gasteiger partial charge on any atom is 0.234 e. The molecule has 1 aliphatic carbocycles. The van der Waals surface area contributed by atoms with Crippen LogP contribution in [0.3, 0.4) is 0 Å². The van der Waals surface area contributed by atoms with Gasteiger partial charge in [-0.15, -0.1) is 0 Å². The van der Waals surface area contributed by atoms with Crippen LogP contribution in [0.5, 0.6) is 0 Å². The van der Waals surface area contributed by atoms with Gasteiger partial charge >= 0.3 is 0 Å². The number of hydrogen-bond donors (Lipinski definition) is 1. The van der Waals surface area contributed by atoms with E-state index in [1.54, 1.807) is 6.20 Å². The standard InChI is InChI=1S/C22H25N3O2S/c23-28(26,27)22(17-7-3-1-4-8-17)25(20-9-5-2-6-10-20)21-12-11-19-16-24-14-13-18(19)15-21/h1,3-4,7-8,11-16,20,22H,2,5-6,9-10H2,(H2,23,26,27). The number of fused-ring (bicyclic) bond motifs is 1. The summed E-state index contributed by atoms with van der Waals surface area (Å²) < 4.78 is 25.6. The molecule has 5 nitrogen and oxygen atoms in total. The van der Waals surface area contributed by atoms with E-state index in [0.717, 1.165) is 42.1 Å². The number of nitrogens with two attached hydrogens (primary N) is 1. The number of benzene rings is 2. The minimum absolute atomic E-state index is 0.136. The van der Waals surface area contributed by atoms with E-state index in [1.165, 1.54) is 6.42 Å². The van der Waals surface area contributed by atoms with Crippen molar-refractivity contribution in [2.24, 2.45) is 5.14 Å². The van der Waals surface area contributed by atoms with Crippen LogP contribution < -0.4 is 10.0 Å². The summed E-state index contributed by atoms with van der Waals surface area (Å²) in [6.07, 6.45) is 8.90.